The van der Waals surface area contributed by atoms with Crippen molar-refractivity contribution in [3.05, 3.63) is 58.1 Å². The normalized spacial score (nSPS) is 15.4. The van der Waals surface area contributed by atoms with Gasteiger partial charge in [-0.1, -0.05) is 42.5 Å². The zero-order valence-corrected chi connectivity index (χ0v) is 18.5. The Bertz CT molecular complexity index is 972. The fourth-order valence-corrected chi connectivity index (χ4v) is 5.61. The van der Waals surface area contributed by atoms with Crippen LogP contribution < -0.4 is 5.32 Å². The maximum absolute atomic E-state index is 13.3. The largest absolute Gasteiger partial charge is 0.325 e. The van der Waals surface area contributed by atoms with Gasteiger partial charge in [0, 0.05) is 21.8 Å². The Morgan fingerprint density at radius 1 is 1.03 bits per heavy atom. The molecule has 2 aromatic carbocycles. The maximum Gasteiger partial charge on any atom is 0.243 e. The molecule has 1 fully saturated rings. The standard InChI is InChI=1S/C21H24Cl2N2O3S/c1-15-13-17(23)9-12-20(15)24-21(26)14-25(18-5-3-2-4-6-18)29(27,28)19-10-7-16(22)8-11-19/h7-13,18H,2-6,14H2,1H3,(H,24,26). The molecule has 0 atom stereocenters. The molecule has 0 aromatic heterocycles. The lowest BCUT2D eigenvalue weighted by molar-refractivity contribution is -0.116. The Hall–Kier alpha value is -1.60. The van der Waals surface area contributed by atoms with Crippen LogP contribution in [0.3, 0.4) is 0 Å². The molecule has 1 amide bonds. The molecule has 0 unspecified atom stereocenters. The van der Waals surface area contributed by atoms with Crippen molar-refractivity contribution < 1.29 is 13.2 Å². The SMILES string of the molecule is Cc1cc(Cl)ccc1NC(=O)CN(C1CCCCC1)S(=O)(=O)c1ccc(Cl)cc1. The van der Waals surface area contributed by atoms with E-state index in [1.54, 1.807) is 30.3 Å². The molecular formula is C21H24Cl2N2O3S. The van der Waals surface area contributed by atoms with Gasteiger partial charge in [-0.15, -0.1) is 0 Å². The van der Waals surface area contributed by atoms with Crippen LogP contribution in [-0.2, 0) is 14.8 Å². The van der Waals surface area contributed by atoms with Gasteiger partial charge in [-0.2, -0.15) is 4.31 Å². The third kappa shape index (κ3) is 5.51. The van der Waals surface area contributed by atoms with Crippen molar-refractivity contribution >= 4 is 44.8 Å². The van der Waals surface area contributed by atoms with Crippen LogP contribution in [-0.4, -0.2) is 31.2 Å². The molecule has 8 heteroatoms. The quantitative estimate of drug-likeness (QED) is 0.646. The summed E-state index contributed by atoms with van der Waals surface area (Å²) >= 11 is 11.9. The van der Waals surface area contributed by atoms with Gasteiger partial charge in [-0.05, 0) is 67.8 Å². The van der Waals surface area contributed by atoms with Crippen LogP contribution in [0.5, 0.6) is 0 Å². The van der Waals surface area contributed by atoms with E-state index in [-0.39, 0.29) is 23.4 Å². The van der Waals surface area contributed by atoms with E-state index in [1.807, 2.05) is 6.92 Å². The summed E-state index contributed by atoms with van der Waals surface area (Å²) in [5.74, 6) is -0.376. The number of anilines is 1. The fourth-order valence-electron chi connectivity index (χ4n) is 3.62. The van der Waals surface area contributed by atoms with E-state index in [2.05, 4.69) is 5.32 Å². The first kappa shape index (κ1) is 22.1. The van der Waals surface area contributed by atoms with Crippen LogP contribution >= 0.6 is 23.2 Å². The lowest BCUT2D eigenvalue weighted by atomic mass is 9.95. The summed E-state index contributed by atoms with van der Waals surface area (Å²) < 4.78 is 28.0. The number of amides is 1. The molecule has 156 valence electrons. The molecule has 3 rings (SSSR count). The molecular weight excluding hydrogens is 431 g/mol. The second-order valence-electron chi connectivity index (χ2n) is 7.30. The van der Waals surface area contributed by atoms with Crippen molar-refractivity contribution in [2.24, 2.45) is 0 Å². The third-order valence-corrected chi connectivity index (χ3v) is 7.56. The van der Waals surface area contributed by atoms with Crippen LogP contribution in [0.25, 0.3) is 0 Å². The zero-order valence-electron chi connectivity index (χ0n) is 16.2. The van der Waals surface area contributed by atoms with E-state index in [9.17, 15) is 13.2 Å². The van der Waals surface area contributed by atoms with Gasteiger partial charge >= 0.3 is 0 Å². The van der Waals surface area contributed by atoms with Gasteiger partial charge in [0.1, 0.15) is 0 Å². The number of carbonyl (C=O) groups excluding carboxylic acids is 1. The van der Waals surface area contributed by atoms with E-state index < -0.39 is 10.0 Å². The summed E-state index contributed by atoms with van der Waals surface area (Å²) in [6.07, 6.45) is 4.49. The number of halogens is 2. The van der Waals surface area contributed by atoms with E-state index in [1.165, 1.54) is 16.4 Å². The highest BCUT2D eigenvalue weighted by molar-refractivity contribution is 7.89. The number of hydrogen-bond acceptors (Lipinski definition) is 3. The zero-order chi connectivity index (χ0) is 21.0. The summed E-state index contributed by atoms with van der Waals surface area (Å²) in [6, 6.07) is 11.0. The molecule has 1 saturated carbocycles. The number of nitrogens with zero attached hydrogens (tertiary/aromatic N) is 1. The van der Waals surface area contributed by atoms with E-state index >= 15 is 0 Å². The van der Waals surface area contributed by atoms with Crippen molar-refractivity contribution in [2.75, 3.05) is 11.9 Å². The minimum absolute atomic E-state index is 0.142. The molecule has 1 aliphatic rings. The summed E-state index contributed by atoms with van der Waals surface area (Å²) in [6.45, 7) is 1.60. The fraction of sp³-hybridized carbons (Fsp3) is 0.381. The topological polar surface area (TPSA) is 66.5 Å². The molecule has 0 saturated heterocycles. The first-order valence-corrected chi connectivity index (χ1v) is 11.8. The lowest BCUT2D eigenvalue weighted by Gasteiger charge is -2.33. The second-order valence-corrected chi connectivity index (χ2v) is 10.1. The monoisotopic (exact) mass is 454 g/mol. The Morgan fingerprint density at radius 2 is 1.66 bits per heavy atom. The molecule has 0 heterocycles. The summed E-state index contributed by atoms with van der Waals surface area (Å²) in [7, 11) is -3.83. The minimum Gasteiger partial charge on any atom is -0.325 e. The molecule has 0 bridgehead atoms. The van der Waals surface area contributed by atoms with Gasteiger partial charge in [-0.25, -0.2) is 8.42 Å². The number of nitrogens with one attached hydrogen (secondary N) is 1. The highest BCUT2D eigenvalue weighted by Gasteiger charge is 2.34. The highest BCUT2D eigenvalue weighted by atomic mass is 35.5. The minimum atomic E-state index is -3.83. The average molecular weight is 455 g/mol. The molecule has 1 N–H and O–H groups in total. The molecule has 0 radical (unpaired) electrons. The Morgan fingerprint density at radius 3 is 2.28 bits per heavy atom. The number of carbonyl (C=O) groups is 1. The lowest BCUT2D eigenvalue weighted by Crippen LogP contribution is -2.45. The number of rotatable bonds is 6. The van der Waals surface area contributed by atoms with E-state index in [4.69, 9.17) is 23.2 Å². The number of benzene rings is 2. The van der Waals surface area contributed by atoms with Crippen molar-refractivity contribution in [1.82, 2.24) is 4.31 Å². The predicted molar refractivity (Wildman–Crippen MR) is 117 cm³/mol. The third-order valence-electron chi connectivity index (χ3n) is 5.16. The summed E-state index contributed by atoms with van der Waals surface area (Å²) in [4.78, 5) is 12.9. The van der Waals surface area contributed by atoms with Gasteiger partial charge in [0.25, 0.3) is 0 Å². The highest BCUT2D eigenvalue weighted by Crippen LogP contribution is 2.28. The first-order chi connectivity index (χ1) is 13.8. The predicted octanol–water partition coefficient (Wildman–Crippen LogP) is 5.26. The van der Waals surface area contributed by atoms with Crippen molar-refractivity contribution in [3.8, 4) is 0 Å². The van der Waals surface area contributed by atoms with Crippen LogP contribution in [0, 0.1) is 6.92 Å². The second kappa shape index (κ2) is 9.47. The maximum atomic E-state index is 13.3. The number of aryl methyl sites for hydroxylation is 1. The van der Waals surface area contributed by atoms with Gasteiger partial charge < -0.3 is 5.32 Å². The van der Waals surface area contributed by atoms with E-state index in [0.717, 1.165) is 37.7 Å². The molecule has 29 heavy (non-hydrogen) atoms. The van der Waals surface area contributed by atoms with Crippen LogP contribution in [0.4, 0.5) is 5.69 Å². The van der Waals surface area contributed by atoms with Gasteiger partial charge in [0.15, 0.2) is 0 Å². The van der Waals surface area contributed by atoms with Crippen molar-refractivity contribution in [2.45, 2.75) is 50.0 Å². The van der Waals surface area contributed by atoms with Crippen LogP contribution in [0.15, 0.2) is 47.4 Å². The van der Waals surface area contributed by atoms with Crippen molar-refractivity contribution in [3.63, 3.8) is 0 Å². The van der Waals surface area contributed by atoms with Crippen molar-refractivity contribution in [1.29, 1.82) is 0 Å². The molecule has 1 aliphatic carbocycles. The Labute approximate surface area is 182 Å². The summed E-state index contributed by atoms with van der Waals surface area (Å²) in [5, 5.41) is 3.86. The van der Waals surface area contributed by atoms with Gasteiger partial charge in [0.2, 0.25) is 15.9 Å². The van der Waals surface area contributed by atoms with Crippen LogP contribution in [0.1, 0.15) is 37.7 Å². The molecule has 5 nitrogen and oxygen atoms in total. The number of sulfonamides is 1. The molecule has 2 aromatic rings. The first-order valence-electron chi connectivity index (χ1n) is 9.61. The summed E-state index contributed by atoms with van der Waals surface area (Å²) in [5.41, 5.74) is 1.43. The smallest absolute Gasteiger partial charge is 0.243 e. The molecule has 0 aliphatic heterocycles. The van der Waals surface area contributed by atoms with Gasteiger partial charge in [0.05, 0.1) is 11.4 Å². The Balaban J connectivity index is 1.85. The van der Waals surface area contributed by atoms with Crippen LogP contribution in [0.2, 0.25) is 10.0 Å². The number of hydrogen-bond donors (Lipinski definition) is 1. The van der Waals surface area contributed by atoms with E-state index in [0.29, 0.717) is 15.7 Å². The Kier molecular flexibility index (Phi) is 7.22. The average Bonchev–Trinajstić information content (AvgIpc) is 2.69. The molecule has 0 spiro atoms. The van der Waals surface area contributed by atoms with Gasteiger partial charge in [-0.3, -0.25) is 4.79 Å².